The van der Waals surface area contributed by atoms with E-state index in [0.29, 0.717) is 12.1 Å². The van der Waals surface area contributed by atoms with E-state index in [9.17, 15) is 4.79 Å². The highest BCUT2D eigenvalue weighted by molar-refractivity contribution is 6.30. The Kier molecular flexibility index (Phi) is 5.73. The Morgan fingerprint density at radius 1 is 1.36 bits per heavy atom. The quantitative estimate of drug-likeness (QED) is 0.827. The van der Waals surface area contributed by atoms with Crippen LogP contribution in [0.1, 0.15) is 11.1 Å². The van der Waals surface area contributed by atoms with Crippen LogP contribution in [0.5, 0.6) is 0 Å². The van der Waals surface area contributed by atoms with E-state index in [2.05, 4.69) is 15.3 Å². The van der Waals surface area contributed by atoms with Gasteiger partial charge in [-0.05, 0) is 5.56 Å². The highest BCUT2D eigenvalue weighted by atomic mass is 35.5. The van der Waals surface area contributed by atoms with E-state index in [4.69, 9.17) is 22.1 Å². The smallest absolute Gasteiger partial charge is 0.407 e. The monoisotopic (exact) mass is 318 g/mol. The maximum Gasteiger partial charge on any atom is 0.407 e. The average molecular weight is 319 g/mol. The fraction of sp³-hybridized carbons (Fsp3) is 0.133. The lowest BCUT2D eigenvalue weighted by molar-refractivity contribution is 0.141. The summed E-state index contributed by atoms with van der Waals surface area (Å²) in [6.45, 7) is 0.530. The fourth-order valence-corrected chi connectivity index (χ4v) is 1.80. The van der Waals surface area contributed by atoms with Crippen LogP contribution < -0.4 is 11.1 Å². The number of nitrogens with zero attached hydrogens (tertiary/aromatic N) is 2. The number of nitrogens with two attached hydrogens (primary N) is 1. The van der Waals surface area contributed by atoms with Crippen LogP contribution in [0.2, 0.25) is 5.15 Å². The van der Waals surface area contributed by atoms with Crippen molar-refractivity contribution in [2.75, 3.05) is 12.3 Å². The topological polar surface area (TPSA) is 90.1 Å². The van der Waals surface area contributed by atoms with E-state index in [-0.39, 0.29) is 17.7 Å². The molecule has 0 fully saturated rings. The summed E-state index contributed by atoms with van der Waals surface area (Å²) in [5.41, 5.74) is 6.95. The number of anilines is 1. The zero-order valence-electron chi connectivity index (χ0n) is 11.7. The first-order valence-corrected chi connectivity index (χ1v) is 6.92. The number of amides is 1. The van der Waals surface area contributed by atoms with Crippen molar-refractivity contribution >= 4 is 29.7 Å². The molecule has 1 heterocycles. The molecule has 2 rings (SSSR count). The van der Waals surface area contributed by atoms with Gasteiger partial charge in [0.1, 0.15) is 11.8 Å². The molecule has 0 atom stereocenters. The van der Waals surface area contributed by atoms with E-state index < -0.39 is 6.09 Å². The summed E-state index contributed by atoms with van der Waals surface area (Å²) in [5, 5.41) is 2.86. The SMILES string of the molecule is Nc1ncc(C=CCNC(=O)OCc2ccccc2)c(Cl)n1. The summed E-state index contributed by atoms with van der Waals surface area (Å²) in [5.74, 6) is 0.116. The number of hydrogen-bond acceptors (Lipinski definition) is 5. The number of rotatable bonds is 5. The number of benzene rings is 1. The first-order chi connectivity index (χ1) is 10.6. The summed E-state index contributed by atoms with van der Waals surface area (Å²) < 4.78 is 5.07. The summed E-state index contributed by atoms with van der Waals surface area (Å²) >= 11 is 5.89. The standard InChI is InChI=1S/C15H15ClN4O2/c16-13-12(9-19-14(17)20-13)7-4-8-18-15(21)22-10-11-5-2-1-3-6-11/h1-7,9H,8,10H2,(H,18,21)(H2,17,19,20). The molecule has 0 radical (unpaired) electrons. The van der Waals surface area contributed by atoms with E-state index in [1.54, 1.807) is 12.2 Å². The first kappa shape index (κ1) is 15.8. The molecule has 7 heteroatoms. The predicted octanol–water partition coefficient (Wildman–Crippen LogP) is 2.65. The van der Waals surface area contributed by atoms with Gasteiger partial charge in [-0.1, -0.05) is 54.1 Å². The summed E-state index contributed by atoms with van der Waals surface area (Å²) in [4.78, 5) is 19.2. The number of alkyl carbamates (subject to hydrolysis) is 1. The Hall–Kier alpha value is -2.60. The maximum absolute atomic E-state index is 11.5. The second-order valence-corrected chi connectivity index (χ2v) is 4.68. The van der Waals surface area contributed by atoms with Gasteiger partial charge in [0.2, 0.25) is 5.95 Å². The highest BCUT2D eigenvalue weighted by Gasteiger charge is 2.01. The molecule has 1 aromatic heterocycles. The molecule has 0 spiro atoms. The van der Waals surface area contributed by atoms with E-state index in [1.165, 1.54) is 6.20 Å². The predicted molar refractivity (Wildman–Crippen MR) is 85.1 cm³/mol. The lowest BCUT2D eigenvalue weighted by atomic mass is 10.2. The Bertz CT molecular complexity index is 662. The molecular formula is C15H15ClN4O2. The lowest BCUT2D eigenvalue weighted by Crippen LogP contribution is -2.24. The number of nitrogen functional groups attached to an aromatic ring is 1. The zero-order chi connectivity index (χ0) is 15.8. The molecule has 2 aromatic rings. The second kappa shape index (κ2) is 7.99. The van der Waals surface area contributed by atoms with E-state index >= 15 is 0 Å². The van der Waals surface area contributed by atoms with Crippen LogP contribution in [0.15, 0.2) is 42.6 Å². The largest absolute Gasteiger partial charge is 0.445 e. The third kappa shape index (κ3) is 5.06. The fourth-order valence-electron chi connectivity index (χ4n) is 1.60. The molecule has 0 aliphatic heterocycles. The summed E-state index contributed by atoms with van der Waals surface area (Å²) in [7, 11) is 0. The number of carbonyl (C=O) groups is 1. The third-order valence-electron chi connectivity index (χ3n) is 2.66. The van der Waals surface area contributed by atoms with Gasteiger partial charge in [-0.3, -0.25) is 0 Å². The summed E-state index contributed by atoms with van der Waals surface area (Å²) in [6.07, 6.45) is 4.42. The van der Waals surface area contributed by atoms with Gasteiger partial charge in [0, 0.05) is 18.3 Å². The van der Waals surface area contributed by atoms with Crippen molar-refractivity contribution in [2.45, 2.75) is 6.61 Å². The molecule has 0 unspecified atom stereocenters. The van der Waals surface area contributed by atoms with Gasteiger partial charge in [-0.2, -0.15) is 0 Å². The van der Waals surface area contributed by atoms with Gasteiger partial charge >= 0.3 is 6.09 Å². The molecule has 6 nitrogen and oxygen atoms in total. The molecule has 1 amide bonds. The normalized spacial score (nSPS) is 10.6. The molecule has 0 aliphatic rings. The average Bonchev–Trinajstić information content (AvgIpc) is 2.52. The molecule has 0 saturated carbocycles. The molecule has 22 heavy (non-hydrogen) atoms. The minimum Gasteiger partial charge on any atom is -0.445 e. The molecule has 3 N–H and O–H groups in total. The van der Waals surface area contributed by atoms with Crippen molar-refractivity contribution in [3.05, 3.63) is 58.9 Å². The maximum atomic E-state index is 11.5. The van der Waals surface area contributed by atoms with Crippen molar-refractivity contribution in [1.29, 1.82) is 0 Å². The van der Waals surface area contributed by atoms with E-state index in [0.717, 1.165) is 5.56 Å². The Morgan fingerprint density at radius 2 is 2.14 bits per heavy atom. The Labute approximate surface area is 133 Å². The van der Waals surface area contributed by atoms with Crippen LogP contribution in [0, 0.1) is 0 Å². The molecular weight excluding hydrogens is 304 g/mol. The van der Waals surface area contributed by atoms with E-state index in [1.807, 2.05) is 30.3 Å². The number of carbonyl (C=O) groups excluding carboxylic acids is 1. The molecule has 114 valence electrons. The van der Waals surface area contributed by atoms with Crippen molar-refractivity contribution < 1.29 is 9.53 Å². The van der Waals surface area contributed by atoms with Crippen LogP contribution in [0.3, 0.4) is 0 Å². The second-order valence-electron chi connectivity index (χ2n) is 4.32. The zero-order valence-corrected chi connectivity index (χ0v) is 12.5. The summed E-state index contributed by atoms with van der Waals surface area (Å²) in [6, 6.07) is 9.45. The first-order valence-electron chi connectivity index (χ1n) is 6.54. The Morgan fingerprint density at radius 3 is 2.86 bits per heavy atom. The van der Waals surface area contributed by atoms with Gasteiger partial charge in [0.05, 0.1) is 0 Å². The number of hydrogen-bond donors (Lipinski definition) is 2. The number of halogens is 1. The van der Waals surface area contributed by atoms with Gasteiger partial charge in [-0.25, -0.2) is 14.8 Å². The Balaban J connectivity index is 1.73. The minimum atomic E-state index is -0.492. The minimum absolute atomic E-state index is 0.116. The van der Waals surface area contributed by atoms with Crippen molar-refractivity contribution in [3.8, 4) is 0 Å². The third-order valence-corrected chi connectivity index (χ3v) is 2.96. The number of aromatic nitrogens is 2. The van der Waals surface area contributed by atoms with Crippen LogP contribution in [0.4, 0.5) is 10.7 Å². The molecule has 0 bridgehead atoms. The van der Waals surface area contributed by atoms with Crippen molar-refractivity contribution in [1.82, 2.24) is 15.3 Å². The molecule has 0 saturated heterocycles. The van der Waals surface area contributed by atoms with Gasteiger partial charge in [-0.15, -0.1) is 0 Å². The molecule has 1 aromatic carbocycles. The lowest BCUT2D eigenvalue weighted by Gasteiger charge is -2.05. The van der Waals surface area contributed by atoms with Crippen LogP contribution in [0.25, 0.3) is 6.08 Å². The van der Waals surface area contributed by atoms with Gasteiger partial charge in [0.25, 0.3) is 0 Å². The van der Waals surface area contributed by atoms with Crippen LogP contribution in [-0.4, -0.2) is 22.6 Å². The number of ether oxygens (including phenoxy) is 1. The van der Waals surface area contributed by atoms with Crippen LogP contribution >= 0.6 is 11.6 Å². The van der Waals surface area contributed by atoms with Crippen molar-refractivity contribution in [2.24, 2.45) is 0 Å². The number of nitrogens with one attached hydrogen (secondary N) is 1. The highest BCUT2D eigenvalue weighted by Crippen LogP contribution is 2.13. The molecule has 0 aliphatic carbocycles. The van der Waals surface area contributed by atoms with Crippen molar-refractivity contribution in [3.63, 3.8) is 0 Å². The van der Waals surface area contributed by atoms with Crippen LogP contribution in [-0.2, 0) is 11.3 Å². The van der Waals surface area contributed by atoms with Gasteiger partial charge < -0.3 is 15.8 Å². The van der Waals surface area contributed by atoms with Gasteiger partial charge in [0.15, 0.2) is 0 Å².